The number of pyridine rings is 1. The smallest absolute Gasteiger partial charge is 0.399 e. The van der Waals surface area contributed by atoms with E-state index in [1.54, 1.807) is 6.20 Å². The van der Waals surface area contributed by atoms with Crippen molar-refractivity contribution < 1.29 is 9.31 Å². The molecule has 0 radical (unpaired) electrons. The summed E-state index contributed by atoms with van der Waals surface area (Å²) in [6.45, 7) is 14.0. The number of nitrogens with zero attached hydrogens (tertiary/aromatic N) is 1. The molecular weight excluding hydrogens is 225 g/mol. The Hall–Kier alpha value is -1.13. The Bertz CT molecular complexity index is 467. The van der Waals surface area contributed by atoms with Crippen molar-refractivity contribution in [3.63, 3.8) is 0 Å². The number of hydrogen-bond donors (Lipinski definition) is 0. The first-order valence-corrected chi connectivity index (χ1v) is 6.22. The van der Waals surface area contributed by atoms with Crippen LogP contribution in [0.3, 0.4) is 0 Å². The molecule has 1 saturated heterocycles. The molecule has 0 N–H and O–H groups in total. The Kier molecular flexibility index (Phi) is 3.12. The van der Waals surface area contributed by atoms with Gasteiger partial charge in [-0.3, -0.25) is 4.98 Å². The lowest BCUT2D eigenvalue weighted by molar-refractivity contribution is 0.00578. The summed E-state index contributed by atoms with van der Waals surface area (Å²) in [5, 5.41) is 0. The first-order valence-electron chi connectivity index (χ1n) is 6.22. The molecule has 96 valence electrons. The van der Waals surface area contributed by atoms with Crippen molar-refractivity contribution in [1.82, 2.24) is 4.98 Å². The monoisotopic (exact) mass is 245 g/mol. The van der Waals surface area contributed by atoms with Gasteiger partial charge < -0.3 is 9.31 Å². The predicted molar refractivity (Wildman–Crippen MR) is 74.8 cm³/mol. The highest BCUT2D eigenvalue weighted by Gasteiger charge is 2.52. The maximum Gasteiger partial charge on any atom is 0.497 e. The average Bonchev–Trinajstić information content (AvgIpc) is 2.47. The van der Waals surface area contributed by atoms with Crippen LogP contribution in [0.15, 0.2) is 18.8 Å². The molecule has 1 fully saturated rings. The van der Waals surface area contributed by atoms with Crippen molar-refractivity contribution in [1.29, 1.82) is 0 Å². The summed E-state index contributed by atoms with van der Waals surface area (Å²) in [6, 6.07) is 1.93. The van der Waals surface area contributed by atoms with E-state index in [1.165, 1.54) is 0 Å². The van der Waals surface area contributed by atoms with Crippen LogP contribution in [-0.2, 0) is 9.31 Å². The minimum Gasteiger partial charge on any atom is -0.399 e. The summed E-state index contributed by atoms with van der Waals surface area (Å²) in [5.41, 5.74) is 2.24. The third-order valence-corrected chi connectivity index (χ3v) is 3.93. The second kappa shape index (κ2) is 4.21. The van der Waals surface area contributed by atoms with Gasteiger partial charge in [0.05, 0.1) is 11.2 Å². The maximum absolute atomic E-state index is 6.06. The van der Waals surface area contributed by atoms with Gasteiger partial charge in [0.25, 0.3) is 0 Å². The highest BCUT2D eigenvalue weighted by atomic mass is 16.7. The minimum atomic E-state index is -0.378. The first-order chi connectivity index (χ1) is 8.28. The summed E-state index contributed by atoms with van der Waals surface area (Å²) < 4.78 is 12.1. The van der Waals surface area contributed by atoms with Gasteiger partial charge in [0.15, 0.2) is 0 Å². The molecule has 0 saturated carbocycles. The van der Waals surface area contributed by atoms with Crippen LogP contribution >= 0.6 is 0 Å². The molecule has 1 aromatic rings. The number of aromatic nitrogens is 1. The third-order valence-electron chi connectivity index (χ3n) is 3.93. The fraction of sp³-hybridized carbons (Fsp3) is 0.500. The van der Waals surface area contributed by atoms with Crippen LogP contribution in [0.1, 0.15) is 39.0 Å². The number of aryl methyl sites for hydroxylation is 1. The lowest BCUT2D eigenvalue weighted by Crippen LogP contribution is -2.41. The second-order valence-corrected chi connectivity index (χ2v) is 5.69. The van der Waals surface area contributed by atoms with Gasteiger partial charge in [-0.25, -0.2) is 0 Å². The SMILES string of the molecule is C=Cc1ccnc(C)c1B1OC(C)(C)C(C)(C)O1. The van der Waals surface area contributed by atoms with Crippen LogP contribution in [0.2, 0.25) is 0 Å². The van der Waals surface area contributed by atoms with Crippen LogP contribution in [-0.4, -0.2) is 23.3 Å². The van der Waals surface area contributed by atoms with Crippen LogP contribution in [0, 0.1) is 6.92 Å². The third kappa shape index (κ3) is 2.00. The van der Waals surface area contributed by atoms with Gasteiger partial charge in [0, 0.05) is 17.4 Å². The zero-order valence-corrected chi connectivity index (χ0v) is 11.8. The lowest BCUT2D eigenvalue weighted by atomic mass is 9.75. The van der Waals surface area contributed by atoms with E-state index in [0.29, 0.717) is 0 Å². The van der Waals surface area contributed by atoms with Gasteiger partial charge in [0.1, 0.15) is 0 Å². The molecular formula is C14H20BNO2. The highest BCUT2D eigenvalue weighted by Crippen LogP contribution is 2.36. The van der Waals surface area contributed by atoms with Gasteiger partial charge in [-0.1, -0.05) is 12.7 Å². The van der Waals surface area contributed by atoms with E-state index in [0.717, 1.165) is 16.7 Å². The first kappa shape index (κ1) is 13.3. The summed E-state index contributed by atoms with van der Waals surface area (Å²) in [7, 11) is -0.378. The van der Waals surface area contributed by atoms with E-state index < -0.39 is 0 Å². The van der Waals surface area contributed by atoms with E-state index in [9.17, 15) is 0 Å². The fourth-order valence-electron chi connectivity index (χ4n) is 2.04. The molecule has 4 heteroatoms. The largest absolute Gasteiger partial charge is 0.497 e. The normalized spacial score (nSPS) is 21.1. The molecule has 1 aliphatic rings. The second-order valence-electron chi connectivity index (χ2n) is 5.69. The van der Waals surface area contributed by atoms with Gasteiger partial charge in [-0.05, 0) is 46.2 Å². The van der Waals surface area contributed by atoms with E-state index in [4.69, 9.17) is 9.31 Å². The van der Waals surface area contributed by atoms with Gasteiger partial charge >= 0.3 is 7.12 Å². The van der Waals surface area contributed by atoms with E-state index in [1.807, 2.05) is 46.8 Å². The average molecular weight is 245 g/mol. The molecule has 2 heterocycles. The van der Waals surface area contributed by atoms with E-state index in [2.05, 4.69) is 11.6 Å². The quantitative estimate of drug-likeness (QED) is 0.749. The summed E-state index contributed by atoms with van der Waals surface area (Å²) in [4.78, 5) is 4.32. The Morgan fingerprint density at radius 3 is 2.28 bits per heavy atom. The van der Waals surface area contributed by atoms with Crippen LogP contribution in [0.5, 0.6) is 0 Å². The molecule has 0 aliphatic carbocycles. The Balaban J connectivity index is 2.44. The molecule has 0 spiro atoms. The Labute approximate surface area is 109 Å². The molecule has 3 nitrogen and oxygen atoms in total. The summed E-state index contributed by atoms with van der Waals surface area (Å²) in [6.07, 6.45) is 3.59. The lowest BCUT2D eigenvalue weighted by Gasteiger charge is -2.32. The summed E-state index contributed by atoms with van der Waals surface area (Å²) >= 11 is 0. The van der Waals surface area contributed by atoms with Gasteiger partial charge in [0.2, 0.25) is 0 Å². The molecule has 1 aromatic heterocycles. The topological polar surface area (TPSA) is 31.4 Å². The summed E-state index contributed by atoms with van der Waals surface area (Å²) in [5.74, 6) is 0. The van der Waals surface area contributed by atoms with Crippen molar-refractivity contribution in [2.24, 2.45) is 0 Å². The molecule has 0 unspecified atom stereocenters. The van der Waals surface area contributed by atoms with Crippen molar-refractivity contribution in [3.05, 3.63) is 30.1 Å². The zero-order chi connectivity index (χ0) is 13.6. The van der Waals surface area contributed by atoms with Crippen molar-refractivity contribution in [2.45, 2.75) is 45.8 Å². The highest BCUT2D eigenvalue weighted by molar-refractivity contribution is 6.63. The molecule has 0 aromatic carbocycles. The zero-order valence-electron chi connectivity index (χ0n) is 11.8. The molecule has 0 amide bonds. The molecule has 18 heavy (non-hydrogen) atoms. The predicted octanol–water partition coefficient (Wildman–Crippen LogP) is 2.33. The molecule has 0 bridgehead atoms. The standard InChI is InChI=1S/C14H20BNO2/c1-7-11-8-9-16-10(2)12(11)15-17-13(3,4)14(5,6)18-15/h7-9H,1H2,2-6H3. The fourth-order valence-corrected chi connectivity index (χ4v) is 2.04. The maximum atomic E-state index is 6.06. The van der Waals surface area contributed by atoms with Crippen molar-refractivity contribution in [2.75, 3.05) is 0 Å². The Morgan fingerprint density at radius 2 is 1.78 bits per heavy atom. The van der Waals surface area contributed by atoms with E-state index >= 15 is 0 Å². The van der Waals surface area contributed by atoms with Crippen LogP contribution in [0.25, 0.3) is 6.08 Å². The van der Waals surface area contributed by atoms with Gasteiger partial charge in [-0.2, -0.15) is 0 Å². The molecule has 0 atom stereocenters. The number of rotatable bonds is 2. The van der Waals surface area contributed by atoms with Gasteiger partial charge in [-0.15, -0.1) is 0 Å². The minimum absolute atomic E-state index is 0.335. The van der Waals surface area contributed by atoms with Crippen molar-refractivity contribution >= 4 is 18.7 Å². The van der Waals surface area contributed by atoms with Crippen LogP contribution in [0.4, 0.5) is 0 Å². The molecule has 1 aliphatic heterocycles. The van der Waals surface area contributed by atoms with Crippen molar-refractivity contribution in [3.8, 4) is 0 Å². The van der Waals surface area contributed by atoms with E-state index in [-0.39, 0.29) is 18.3 Å². The Morgan fingerprint density at radius 1 is 1.22 bits per heavy atom. The molecule has 2 rings (SSSR count). The number of hydrogen-bond acceptors (Lipinski definition) is 3. The van der Waals surface area contributed by atoms with Crippen LogP contribution < -0.4 is 5.46 Å².